The van der Waals surface area contributed by atoms with Gasteiger partial charge in [0.15, 0.2) is 0 Å². The van der Waals surface area contributed by atoms with Gasteiger partial charge in [-0.3, -0.25) is 4.79 Å². The van der Waals surface area contributed by atoms with Crippen LogP contribution in [0.4, 0.5) is 0 Å². The fourth-order valence-electron chi connectivity index (χ4n) is 2.92. The summed E-state index contributed by atoms with van der Waals surface area (Å²) in [4.78, 5) is 21.3. The SMILES string of the molecule is COc1ccc(C(=O)N2CCN(C)CC2c2ccccc2)cn1. The monoisotopic (exact) mass is 311 g/mol. The first-order chi connectivity index (χ1) is 11.2. The molecular weight excluding hydrogens is 290 g/mol. The summed E-state index contributed by atoms with van der Waals surface area (Å²) in [6, 6.07) is 13.7. The van der Waals surface area contributed by atoms with Gasteiger partial charge in [0.1, 0.15) is 0 Å². The molecule has 0 saturated carbocycles. The first kappa shape index (κ1) is 15.5. The van der Waals surface area contributed by atoms with Crippen LogP contribution >= 0.6 is 0 Å². The van der Waals surface area contributed by atoms with E-state index in [0.717, 1.165) is 18.7 Å². The average Bonchev–Trinajstić information content (AvgIpc) is 2.62. The number of rotatable bonds is 3. The third kappa shape index (κ3) is 3.35. The minimum absolute atomic E-state index is 0.0158. The smallest absolute Gasteiger partial charge is 0.256 e. The third-order valence-corrected chi connectivity index (χ3v) is 4.22. The molecule has 5 heteroatoms. The highest BCUT2D eigenvalue weighted by Crippen LogP contribution is 2.26. The van der Waals surface area contributed by atoms with Crippen LogP contribution in [0.15, 0.2) is 48.7 Å². The molecule has 2 aromatic rings. The molecule has 5 nitrogen and oxygen atoms in total. The molecule has 0 N–H and O–H groups in total. The largest absolute Gasteiger partial charge is 0.481 e. The molecule has 1 atom stereocenters. The van der Waals surface area contributed by atoms with Crippen molar-refractivity contribution in [1.29, 1.82) is 0 Å². The van der Waals surface area contributed by atoms with Crippen LogP contribution in [0.2, 0.25) is 0 Å². The zero-order valence-electron chi connectivity index (χ0n) is 13.5. The lowest BCUT2D eigenvalue weighted by molar-refractivity contribution is 0.0497. The summed E-state index contributed by atoms with van der Waals surface area (Å²) in [6.07, 6.45) is 1.58. The molecule has 23 heavy (non-hydrogen) atoms. The Hall–Kier alpha value is -2.40. The molecule has 3 rings (SSSR count). The molecule has 0 spiro atoms. The fourth-order valence-corrected chi connectivity index (χ4v) is 2.92. The van der Waals surface area contributed by atoms with Crippen LogP contribution in [0.1, 0.15) is 22.0 Å². The molecule has 120 valence electrons. The van der Waals surface area contributed by atoms with Gasteiger partial charge in [0.05, 0.1) is 18.7 Å². The van der Waals surface area contributed by atoms with Gasteiger partial charge >= 0.3 is 0 Å². The molecule has 2 heterocycles. The normalized spacial score (nSPS) is 18.7. The Labute approximate surface area is 136 Å². The van der Waals surface area contributed by atoms with Crippen LogP contribution in [0.3, 0.4) is 0 Å². The van der Waals surface area contributed by atoms with E-state index in [4.69, 9.17) is 4.74 Å². The lowest BCUT2D eigenvalue weighted by Crippen LogP contribution is -2.49. The Bertz CT molecular complexity index is 658. The summed E-state index contributed by atoms with van der Waals surface area (Å²) in [7, 11) is 3.66. The summed E-state index contributed by atoms with van der Waals surface area (Å²) in [5.41, 5.74) is 1.75. The number of pyridine rings is 1. The number of methoxy groups -OCH3 is 1. The number of nitrogens with zero attached hydrogens (tertiary/aromatic N) is 3. The van der Waals surface area contributed by atoms with Crippen molar-refractivity contribution in [2.24, 2.45) is 0 Å². The molecule has 0 bridgehead atoms. The molecule has 1 aromatic carbocycles. The quantitative estimate of drug-likeness (QED) is 0.872. The summed E-state index contributed by atoms with van der Waals surface area (Å²) in [6.45, 7) is 2.42. The molecule has 0 aliphatic carbocycles. The first-order valence-corrected chi connectivity index (χ1v) is 7.73. The van der Waals surface area contributed by atoms with Gasteiger partial charge in [-0.25, -0.2) is 4.98 Å². The van der Waals surface area contributed by atoms with Crippen molar-refractivity contribution >= 4 is 5.91 Å². The van der Waals surface area contributed by atoms with Crippen LogP contribution in [0.25, 0.3) is 0 Å². The maximum Gasteiger partial charge on any atom is 0.256 e. The van der Waals surface area contributed by atoms with Crippen molar-refractivity contribution in [1.82, 2.24) is 14.8 Å². The number of piperazine rings is 1. The molecule has 1 unspecified atom stereocenters. The van der Waals surface area contributed by atoms with E-state index in [1.807, 2.05) is 23.1 Å². The summed E-state index contributed by atoms with van der Waals surface area (Å²) in [5, 5.41) is 0. The van der Waals surface area contributed by atoms with E-state index < -0.39 is 0 Å². The molecule has 0 radical (unpaired) electrons. The number of carbonyl (C=O) groups excluding carboxylic acids is 1. The summed E-state index contributed by atoms with van der Waals surface area (Å²) >= 11 is 0. The fraction of sp³-hybridized carbons (Fsp3) is 0.333. The topological polar surface area (TPSA) is 45.7 Å². The number of amides is 1. The predicted molar refractivity (Wildman–Crippen MR) is 88.5 cm³/mol. The number of aromatic nitrogens is 1. The minimum atomic E-state index is 0.0158. The molecule has 1 fully saturated rings. The zero-order chi connectivity index (χ0) is 16.2. The van der Waals surface area contributed by atoms with Crippen LogP contribution in [-0.2, 0) is 0 Å². The third-order valence-electron chi connectivity index (χ3n) is 4.22. The molecular formula is C18H21N3O2. The predicted octanol–water partition coefficient (Wildman–Crippen LogP) is 2.22. The second-order valence-corrected chi connectivity index (χ2v) is 5.78. The van der Waals surface area contributed by atoms with Crippen molar-refractivity contribution in [3.05, 3.63) is 59.8 Å². The summed E-state index contributed by atoms with van der Waals surface area (Å²) < 4.78 is 5.06. The van der Waals surface area contributed by atoms with E-state index >= 15 is 0 Å². The maximum absolute atomic E-state index is 12.9. The molecule has 1 amide bonds. The minimum Gasteiger partial charge on any atom is -0.481 e. The number of benzene rings is 1. The first-order valence-electron chi connectivity index (χ1n) is 7.73. The van der Waals surface area contributed by atoms with Gasteiger partial charge in [0, 0.05) is 31.9 Å². The lowest BCUT2D eigenvalue weighted by Gasteiger charge is -2.40. The van der Waals surface area contributed by atoms with Gasteiger partial charge < -0.3 is 14.5 Å². The van der Waals surface area contributed by atoms with Gasteiger partial charge in [-0.05, 0) is 18.7 Å². The second kappa shape index (κ2) is 6.79. The van der Waals surface area contributed by atoms with E-state index in [1.54, 1.807) is 25.4 Å². The van der Waals surface area contributed by atoms with Crippen molar-refractivity contribution in [2.75, 3.05) is 33.8 Å². The Morgan fingerprint density at radius 1 is 1.17 bits per heavy atom. The number of ether oxygens (including phenoxy) is 1. The Balaban J connectivity index is 1.86. The van der Waals surface area contributed by atoms with E-state index in [-0.39, 0.29) is 11.9 Å². The van der Waals surface area contributed by atoms with E-state index in [1.165, 1.54) is 0 Å². The van der Waals surface area contributed by atoms with Gasteiger partial charge in [-0.15, -0.1) is 0 Å². The highest BCUT2D eigenvalue weighted by Gasteiger charge is 2.30. The molecule has 1 aliphatic heterocycles. The molecule has 1 aliphatic rings. The Morgan fingerprint density at radius 3 is 2.61 bits per heavy atom. The second-order valence-electron chi connectivity index (χ2n) is 5.78. The van der Waals surface area contributed by atoms with Gasteiger partial charge in [0.25, 0.3) is 5.91 Å². The van der Waals surface area contributed by atoms with Gasteiger partial charge in [-0.2, -0.15) is 0 Å². The molecule has 1 aromatic heterocycles. The van der Waals surface area contributed by atoms with Crippen LogP contribution in [-0.4, -0.2) is 54.5 Å². The number of likely N-dealkylation sites (N-methyl/N-ethyl adjacent to an activating group) is 1. The van der Waals surface area contributed by atoms with E-state index in [0.29, 0.717) is 18.0 Å². The molecule has 1 saturated heterocycles. The lowest BCUT2D eigenvalue weighted by atomic mass is 10.0. The van der Waals surface area contributed by atoms with Crippen molar-refractivity contribution in [2.45, 2.75) is 6.04 Å². The number of hydrogen-bond acceptors (Lipinski definition) is 4. The maximum atomic E-state index is 12.9. The standard InChI is InChI=1S/C18H21N3O2/c1-20-10-11-21(16(13-20)14-6-4-3-5-7-14)18(22)15-8-9-17(23-2)19-12-15/h3-9,12,16H,10-11,13H2,1-2H3. The highest BCUT2D eigenvalue weighted by molar-refractivity contribution is 5.94. The Morgan fingerprint density at radius 2 is 1.96 bits per heavy atom. The zero-order valence-corrected chi connectivity index (χ0v) is 13.5. The number of carbonyl (C=O) groups is 1. The highest BCUT2D eigenvalue weighted by atomic mass is 16.5. The van der Waals surface area contributed by atoms with Crippen LogP contribution in [0.5, 0.6) is 5.88 Å². The van der Waals surface area contributed by atoms with E-state index in [9.17, 15) is 4.79 Å². The van der Waals surface area contributed by atoms with E-state index in [2.05, 4.69) is 29.1 Å². The Kier molecular flexibility index (Phi) is 4.57. The average molecular weight is 311 g/mol. The van der Waals surface area contributed by atoms with Crippen molar-refractivity contribution in [3.8, 4) is 5.88 Å². The van der Waals surface area contributed by atoms with Crippen LogP contribution in [0, 0.1) is 0 Å². The summed E-state index contributed by atoms with van der Waals surface area (Å²) in [5.74, 6) is 0.529. The van der Waals surface area contributed by atoms with Gasteiger partial charge in [-0.1, -0.05) is 30.3 Å². The van der Waals surface area contributed by atoms with Crippen molar-refractivity contribution < 1.29 is 9.53 Å². The van der Waals surface area contributed by atoms with Gasteiger partial charge in [0.2, 0.25) is 5.88 Å². The van der Waals surface area contributed by atoms with Crippen molar-refractivity contribution in [3.63, 3.8) is 0 Å². The van der Waals surface area contributed by atoms with Crippen LogP contribution < -0.4 is 4.74 Å². The number of hydrogen-bond donors (Lipinski definition) is 0.